The molecule has 0 aromatic carbocycles. The van der Waals surface area contributed by atoms with E-state index < -0.39 is 5.41 Å². The van der Waals surface area contributed by atoms with Crippen LogP contribution in [0.25, 0.3) is 10.3 Å². The quantitative estimate of drug-likeness (QED) is 0.830. The van der Waals surface area contributed by atoms with Gasteiger partial charge in [-0.1, -0.05) is 0 Å². The van der Waals surface area contributed by atoms with Crippen molar-refractivity contribution in [1.29, 1.82) is 0 Å². The van der Waals surface area contributed by atoms with Crippen molar-refractivity contribution < 1.29 is 18.7 Å². The van der Waals surface area contributed by atoms with Crippen molar-refractivity contribution in [2.75, 3.05) is 45.9 Å². The minimum Gasteiger partial charge on any atom is -0.463 e. The van der Waals surface area contributed by atoms with Crippen LogP contribution in [-0.4, -0.2) is 67.6 Å². The molecule has 2 fully saturated rings. The van der Waals surface area contributed by atoms with Crippen molar-refractivity contribution in [3.8, 4) is 0 Å². The third-order valence-corrected chi connectivity index (χ3v) is 6.57. The van der Waals surface area contributed by atoms with E-state index in [2.05, 4.69) is 0 Å². The topological polar surface area (TPSA) is 89.0 Å². The van der Waals surface area contributed by atoms with E-state index in [1.807, 2.05) is 15.9 Å². The maximum atomic E-state index is 13.0. The van der Waals surface area contributed by atoms with E-state index in [4.69, 9.17) is 14.9 Å². The lowest BCUT2D eigenvalue weighted by molar-refractivity contribution is -0.148. The van der Waals surface area contributed by atoms with Crippen molar-refractivity contribution >= 4 is 45.8 Å². The van der Waals surface area contributed by atoms with Gasteiger partial charge in [-0.05, 0) is 18.9 Å². The third kappa shape index (κ3) is 3.71. The predicted octanol–water partition coefficient (Wildman–Crippen LogP) is 1.96. The highest BCUT2D eigenvalue weighted by Gasteiger charge is 2.42. The van der Waals surface area contributed by atoms with Crippen molar-refractivity contribution in [3.05, 3.63) is 23.3 Å². The molecular weight excluding hydrogens is 390 g/mol. The number of carbonyl (C=O) groups excluding carboxylic acids is 2. The van der Waals surface area contributed by atoms with Gasteiger partial charge in [-0.2, -0.15) is 0 Å². The Balaban J connectivity index is 0.00000210. The molecule has 2 saturated heterocycles. The second-order valence-electron chi connectivity index (χ2n) is 6.94. The highest BCUT2D eigenvalue weighted by Crippen LogP contribution is 2.32. The molecule has 27 heavy (non-hydrogen) atoms. The Morgan fingerprint density at radius 3 is 2.44 bits per heavy atom. The van der Waals surface area contributed by atoms with Crippen LogP contribution in [0.1, 0.15) is 22.5 Å². The summed E-state index contributed by atoms with van der Waals surface area (Å²) in [5, 5.41) is 0. The summed E-state index contributed by atoms with van der Waals surface area (Å²) >= 11 is 1.44. The van der Waals surface area contributed by atoms with E-state index in [1.54, 1.807) is 12.3 Å². The molecule has 2 aromatic rings. The van der Waals surface area contributed by atoms with Crippen LogP contribution < -0.4 is 5.73 Å². The van der Waals surface area contributed by atoms with Crippen LogP contribution >= 0.6 is 23.7 Å². The van der Waals surface area contributed by atoms with Gasteiger partial charge in [0, 0.05) is 52.0 Å². The van der Waals surface area contributed by atoms with Crippen molar-refractivity contribution in [2.24, 2.45) is 11.1 Å². The summed E-state index contributed by atoms with van der Waals surface area (Å²) in [5.74, 6) is 0.122. The van der Waals surface area contributed by atoms with Crippen LogP contribution in [0.5, 0.6) is 0 Å². The van der Waals surface area contributed by atoms with Gasteiger partial charge in [-0.15, -0.1) is 23.7 Å². The molecule has 4 rings (SSSR count). The third-order valence-electron chi connectivity index (χ3n) is 5.50. The number of amides is 2. The fourth-order valence-electron chi connectivity index (χ4n) is 3.74. The summed E-state index contributed by atoms with van der Waals surface area (Å²) in [6.07, 6.45) is 2.98. The van der Waals surface area contributed by atoms with Crippen LogP contribution in [0, 0.1) is 5.41 Å². The average molecular weight is 414 g/mol. The van der Waals surface area contributed by atoms with Gasteiger partial charge in [0.25, 0.3) is 5.91 Å². The molecular formula is C18H24ClN3O4S. The number of nitrogens with two attached hydrogens (primary N) is 1. The van der Waals surface area contributed by atoms with Crippen LogP contribution in [0.4, 0.5) is 0 Å². The number of halogens is 1. The Kier molecular flexibility index (Phi) is 6.10. The first-order valence-corrected chi connectivity index (χ1v) is 9.78. The first-order chi connectivity index (χ1) is 12.6. The Morgan fingerprint density at radius 1 is 1.15 bits per heavy atom. The smallest absolute Gasteiger partial charge is 0.264 e. The Bertz CT molecular complexity index is 778. The van der Waals surface area contributed by atoms with Crippen LogP contribution in [-0.2, 0) is 9.53 Å². The Morgan fingerprint density at radius 2 is 1.81 bits per heavy atom. The number of hydrogen-bond donors (Lipinski definition) is 1. The first kappa shape index (κ1) is 20.1. The van der Waals surface area contributed by atoms with Gasteiger partial charge in [0.2, 0.25) is 5.91 Å². The van der Waals surface area contributed by atoms with E-state index in [0.717, 1.165) is 10.3 Å². The van der Waals surface area contributed by atoms with Gasteiger partial charge in [0.05, 0.1) is 21.3 Å². The first-order valence-electron chi connectivity index (χ1n) is 8.96. The summed E-state index contributed by atoms with van der Waals surface area (Å²) in [6.45, 7) is 3.70. The molecule has 0 unspecified atom stereocenters. The standard InChI is InChI=1S/C18H23N3O4S.ClH/c19-12-18(2-9-24-10-3-18)17(23)21-6-4-20(5-7-21)16(22)15-11-13-14(26-15)1-8-25-13;/h1,8,11H,2-7,9-10,12,19H2;1H. The van der Waals surface area contributed by atoms with Crippen molar-refractivity contribution in [3.63, 3.8) is 0 Å². The van der Waals surface area contributed by atoms with Gasteiger partial charge in [0.15, 0.2) is 0 Å². The fraction of sp³-hybridized carbons (Fsp3) is 0.556. The van der Waals surface area contributed by atoms with E-state index >= 15 is 0 Å². The number of rotatable bonds is 3. The fourth-order valence-corrected chi connectivity index (χ4v) is 4.69. The molecule has 9 heteroatoms. The average Bonchev–Trinajstić information content (AvgIpc) is 3.30. The molecule has 2 N–H and O–H groups in total. The zero-order valence-electron chi connectivity index (χ0n) is 15.0. The Labute approximate surface area is 167 Å². The highest BCUT2D eigenvalue weighted by atomic mass is 35.5. The zero-order valence-corrected chi connectivity index (χ0v) is 16.7. The summed E-state index contributed by atoms with van der Waals surface area (Å²) in [7, 11) is 0. The van der Waals surface area contributed by atoms with Crippen LogP contribution in [0.3, 0.4) is 0 Å². The minimum atomic E-state index is -0.497. The lowest BCUT2D eigenvalue weighted by Gasteiger charge is -2.42. The van der Waals surface area contributed by atoms with Crippen LogP contribution in [0.2, 0.25) is 0 Å². The van der Waals surface area contributed by atoms with Gasteiger partial charge in [0.1, 0.15) is 5.58 Å². The summed E-state index contributed by atoms with van der Waals surface area (Å²) in [5.41, 5.74) is 6.20. The molecule has 148 valence electrons. The second-order valence-corrected chi connectivity index (χ2v) is 8.02. The largest absolute Gasteiger partial charge is 0.463 e. The van der Waals surface area contributed by atoms with Gasteiger partial charge < -0.3 is 24.7 Å². The normalized spacial score (nSPS) is 19.7. The van der Waals surface area contributed by atoms with E-state index in [9.17, 15) is 9.59 Å². The van der Waals surface area contributed by atoms with E-state index in [0.29, 0.717) is 63.7 Å². The SMILES string of the molecule is Cl.NCC1(C(=O)N2CCN(C(=O)c3cc4occc4s3)CC2)CCOCC1. The van der Waals surface area contributed by atoms with E-state index in [-0.39, 0.29) is 24.2 Å². The lowest BCUT2D eigenvalue weighted by atomic mass is 9.78. The number of hydrogen-bond acceptors (Lipinski definition) is 6. The van der Waals surface area contributed by atoms with Gasteiger partial charge >= 0.3 is 0 Å². The molecule has 0 radical (unpaired) electrons. The summed E-state index contributed by atoms with van der Waals surface area (Å²) in [4.78, 5) is 30.1. The number of fused-ring (bicyclic) bond motifs is 1. The molecule has 2 aliphatic heterocycles. The highest BCUT2D eigenvalue weighted by molar-refractivity contribution is 7.20. The molecule has 7 nitrogen and oxygen atoms in total. The molecule has 4 heterocycles. The number of thiophene rings is 1. The molecule has 2 aliphatic rings. The number of piperazine rings is 1. The molecule has 0 bridgehead atoms. The van der Waals surface area contributed by atoms with Crippen molar-refractivity contribution in [1.82, 2.24) is 9.80 Å². The zero-order chi connectivity index (χ0) is 18.1. The molecule has 0 spiro atoms. The monoisotopic (exact) mass is 413 g/mol. The second kappa shape index (κ2) is 8.18. The number of furan rings is 1. The van der Waals surface area contributed by atoms with Crippen LogP contribution in [0.15, 0.2) is 22.8 Å². The summed E-state index contributed by atoms with van der Waals surface area (Å²) < 4.78 is 11.7. The minimum absolute atomic E-state index is 0. The molecule has 2 amide bonds. The summed E-state index contributed by atoms with van der Waals surface area (Å²) in [6, 6.07) is 3.67. The molecule has 0 saturated carbocycles. The molecule has 0 atom stereocenters. The van der Waals surface area contributed by atoms with Gasteiger partial charge in [-0.25, -0.2) is 0 Å². The number of nitrogens with zero attached hydrogens (tertiary/aromatic N) is 2. The molecule has 0 aliphatic carbocycles. The molecule has 2 aromatic heterocycles. The number of ether oxygens (including phenoxy) is 1. The number of carbonyl (C=O) groups is 2. The van der Waals surface area contributed by atoms with E-state index in [1.165, 1.54) is 11.3 Å². The predicted molar refractivity (Wildman–Crippen MR) is 105 cm³/mol. The van der Waals surface area contributed by atoms with Gasteiger partial charge in [-0.3, -0.25) is 9.59 Å². The Hall–Kier alpha value is -1.61. The maximum absolute atomic E-state index is 13.0. The lowest BCUT2D eigenvalue weighted by Crippen LogP contribution is -2.57. The van der Waals surface area contributed by atoms with Crippen molar-refractivity contribution in [2.45, 2.75) is 12.8 Å². The maximum Gasteiger partial charge on any atom is 0.264 e.